The van der Waals surface area contributed by atoms with E-state index >= 15 is 0 Å². The maximum atomic E-state index is 14.9. The molecule has 3 heterocycles. The summed E-state index contributed by atoms with van der Waals surface area (Å²) in [6, 6.07) is 6.74. The molecule has 0 unspecified atom stereocenters. The summed E-state index contributed by atoms with van der Waals surface area (Å²) in [5.74, 6) is -0.687. The van der Waals surface area contributed by atoms with Gasteiger partial charge in [-0.05, 0) is 31.5 Å². The summed E-state index contributed by atoms with van der Waals surface area (Å²) in [5.41, 5.74) is 3.78. The molecule has 210 valence electrons. The fourth-order valence-corrected chi connectivity index (χ4v) is 4.85. The average Bonchev–Trinajstić information content (AvgIpc) is 3.37. The third-order valence-corrected chi connectivity index (χ3v) is 6.81. The number of benzene rings is 2. The van der Waals surface area contributed by atoms with Crippen molar-refractivity contribution in [1.82, 2.24) is 30.2 Å². The standard InChI is InChI=1S/C27H24FN7O5S/c1-13-5-16(23-19(6-13)34-22(38-4)11-30-23)26-35-18-7-17(28)20(8-21(18)41-26)39-12-14(2)40-27(37)33-15-9-31-24(32-10-15)25(36)29-3/h5-11,14H,12H2,1-4H3,(H,29,36)(H,33,37)/t14-/m1/s1. The Hall–Kier alpha value is -4.98. The predicted octanol–water partition coefficient (Wildman–Crippen LogP) is 4.53. The van der Waals surface area contributed by atoms with Gasteiger partial charge in [0.25, 0.3) is 5.91 Å². The Bertz CT molecular complexity index is 1760. The van der Waals surface area contributed by atoms with E-state index in [1.54, 1.807) is 19.2 Å². The molecule has 12 nitrogen and oxygen atoms in total. The van der Waals surface area contributed by atoms with Crippen LogP contribution in [0.5, 0.6) is 11.6 Å². The summed E-state index contributed by atoms with van der Waals surface area (Å²) in [5, 5.41) is 5.52. The summed E-state index contributed by atoms with van der Waals surface area (Å²) in [4.78, 5) is 45.1. The normalized spacial score (nSPS) is 11.7. The Labute approximate surface area is 236 Å². The van der Waals surface area contributed by atoms with Crippen molar-refractivity contribution in [1.29, 1.82) is 0 Å². The number of halogens is 1. The van der Waals surface area contributed by atoms with Crippen LogP contribution in [0.2, 0.25) is 0 Å². The molecule has 2 N–H and O–H groups in total. The van der Waals surface area contributed by atoms with Crippen molar-refractivity contribution in [2.75, 3.05) is 26.1 Å². The van der Waals surface area contributed by atoms with Crippen LogP contribution in [0.4, 0.5) is 14.9 Å². The number of rotatable bonds is 8. The smallest absolute Gasteiger partial charge is 0.412 e. The Kier molecular flexibility index (Phi) is 7.83. The van der Waals surface area contributed by atoms with E-state index in [-0.39, 0.29) is 23.9 Å². The number of methoxy groups -OCH3 is 1. The molecule has 0 aliphatic heterocycles. The van der Waals surface area contributed by atoms with Gasteiger partial charge in [-0.1, -0.05) is 0 Å². The molecule has 5 rings (SSSR count). The van der Waals surface area contributed by atoms with Gasteiger partial charge < -0.3 is 19.5 Å². The fraction of sp³-hybridized carbons (Fsp3) is 0.222. The van der Waals surface area contributed by atoms with Crippen molar-refractivity contribution in [3.8, 4) is 22.2 Å². The molecule has 1 atom stereocenters. The Morgan fingerprint density at radius 3 is 2.56 bits per heavy atom. The van der Waals surface area contributed by atoms with Crippen molar-refractivity contribution in [2.24, 2.45) is 0 Å². The van der Waals surface area contributed by atoms with E-state index in [2.05, 4.69) is 35.6 Å². The van der Waals surface area contributed by atoms with Crippen LogP contribution >= 0.6 is 11.3 Å². The highest BCUT2D eigenvalue weighted by molar-refractivity contribution is 7.21. The summed E-state index contributed by atoms with van der Waals surface area (Å²) in [6.07, 6.45) is 2.59. The summed E-state index contributed by atoms with van der Waals surface area (Å²) < 4.78 is 31.7. The van der Waals surface area contributed by atoms with Crippen LogP contribution in [0, 0.1) is 12.7 Å². The minimum atomic E-state index is -0.786. The molecule has 41 heavy (non-hydrogen) atoms. The molecule has 0 spiro atoms. The second-order valence-corrected chi connectivity index (χ2v) is 9.92. The van der Waals surface area contributed by atoms with Crippen molar-refractivity contribution in [3.63, 3.8) is 0 Å². The largest absolute Gasteiger partial charge is 0.487 e. The summed E-state index contributed by atoms with van der Waals surface area (Å²) in [7, 11) is 2.99. The monoisotopic (exact) mass is 577 g/mol. The van der Waals surface area contributed by atoms with Crippen LogP contribution in [0.15, 0.2) is 42.9 Å². The third-order valence-electron chi connectivity index (χ3n) is 5.76. The van der Waals surface area contributed by atoms with Gasteiger partial charge in [-0.3, -0.25) is 10.1 Å². The minimum Gasteiger partial charge on any atom is -0.487 e. The molecule has 0 aliphatic carbocycles. The highest BCUT2D eigenvalue weighted by Crippen LogP contribution is 2.37. The number of carbonyl (C=O) groups excluding carboxylic acids is 2. The van der Waals surface area contributed by atoms with Gasteiger partial charge in [0.15, 0.2) is 11.6 Å². The maximum Gasteiger partial charge on any atom is 0.412 e. The Balaban J connectivity index is 1.26. The molecule has 14 heteroatoms. The predicted molar refractivity (Wildman–Crippen MR) is 150 cm³/mol. The lowest BCUT2D eigenvalue weighted by Gasteiger charge is -2.15. The van der Waals surface area contributed by atoms with Crippen LogP contribution < -0.4 is 20.1 Å². The topological polar surface area (TPSA) is 150 Å². The van der Waals surface area contributed by atoms with E-state index in [1.807, 2.05) is 19.1 Å². The molecule has 0 saturated heterocycles. The van der Waals surface area contributed by atoms with Crippen molar-refractivity contribution in [2.45, 2.75) is 20.0 Å². The third kappa shape index (κ3) is 6.11. The highest BCUT2D eigenvalue weighted by atomic mass is 32.1. The number of thiazole rings is 1. The maximum absolute atomic E-state index is 14.9. The molecule has 5 aromatic rings. The van der Waals surface area contributed by atoms with Gasteiger partial charge in [-0.25, -0.2) is 34.1 Å². The van der Waals surface area contributed by atoms with Crippen LogP contribution in [0.25, 0.3) is 31.8 Å². The van der Waals surface area contributed by atoms with Gasteiger partial charge in [0.2, 0.25) is 11.7 Å². The van der Waals surface area contributed by atoms with Gasteiger partial charge in [0.1, 0.15) is 17.7 Å². The summed E-state index contributed by atoms with van der Waals surface area (Å²) >= 11 is 1.37. The zero-order valence-corrected chi connectivity index (χ0v) is 23.2. The number of ether oxygens (including phenoxy) is 3. The lowest BCUT2D eigenvalue weighted by atomic mass is 10.1. The van der Waals surface area contributed by atoms with Gasteiger partial charge in [0.05, 0.1) is 52.6 Å². The number of fused-ring (bicyclic) bond motifs is 2. The van der Waals surface area contributed by atoms with E-state index in [0.29, 0.717) is 32.1 Å². The molecule has 0 fully saturated rings. The molecule has 2 amide bonds. The van der Waals surface area contributed by atoms with E-state index in [4.69, 9.17) is 14.2 Å². The Morgan fingerprint density at radius 1 is 1.05 bits per heavy atom. The molecule has 3 aromatic heterocycles. The fourth-order valence-electron chi connectivity index (χ4n) is 3.86. The molecular weight excluding hydrogens is 553 g/mol. The number of carbonyl (C=O) groups is 2. The number of anilines is 1. The van der Waals surface area contributed by atoms with Gasteiger partial charge in [-0.15, -0.1) is 11.3 Å². The molecule has 0 bridgehead atoms. The van der Waals surface area contributed by atoms with E-state index in [9.17, 15) is 14.0 Å². The van der Waals surface area contributed by atoms with Gasteiger partial charge in [-0.2, -0.15) is 0 Å². The number of nitrogens with one attached hydrogen (secondary N) is 2. The zero-order chi connectivity index (χ0) is 29.1. The SMILES string of the molecule is CNC(=O)c1ncc(NC(=O)O[C@H](C)COc2cc3sc(-c4cc(C)cc5nc(OC)cnc45)nc3cc2F)cn1. The first-order valence-electron chi connectivity index (χ1n) is 12.3. The molecule has 0 saturated carbocycles. The molecule has 0 radical (unpaired) electrons. The van der Waals surface area contributed by atoms with Crippen LogP contribution in [0.1, 0.15) is 23.1 Å². The van der Waals surface area contributed by atoms with Crippen LogP contribution in [-0.4, -0.2) is 63.8 Å². The number of amides is 2. The van der Waals surface area contributed by atoms with Crippen LogP contribution in [-0.2, 0) is 4.74 Å². The number of hydrogen-bond acceptors (Lipinski definition) is 11. The lowest BCUT2D eigenvalue weighted by Crippen LogP contribution is -2.25. The molecular formula is C27H24FN7O5S. The average molecular weight is 578 g/mol. The second-order valence-electron chi connectivity index (χ2n) is 8.89. The first-order valence-corrected chi connectivity index (χ1v) is 13.1. The number of aryl methyl sites for hydroxylation is 1. The van der Waals surface area contributed by atoms with Gasteiger partial charge >= 0.3 is 6.09 Å². The summed E-state index contributed by atoms with van der Waals surface area (Å²) in [6.45, 7) is 3.45. The Morgan fingerprint density at radius 2 is 1.83 bits per heavy atom. The van der Waals surface area contributed by atoms with Crippen molar-refractivity contribution >= 4 is 50.3 Å². The first-order chi connectivity index (χ1) is 19.7. The number of nitrogens with zero attached hydrogens (tertiary/aromatic N) is 5. The van der Waals surface area contributed by atoms with Crippen LogP contribution in [0.3, 0.4) is 0 Å². The zero-order valence-electron chi connectivity index (χ0n) is 22.4. The quantitative estimate of drug-likeness (QED) is 0.269. The van der Waals surface area contributed by atoms with E-state index < -0.39 is 23.9 Å². The molecule has 0 aliphatic rings. The molecule has 2 aromatic carbocycles. The van der Waals surface area contributed by atoms with Crippen molar-refractivity contribution < 1.29 is 28.2 Å². The van der Waals surface area contributed by atoms with Crippen molar-refractivity contribution in [3.05, 3.63) is 60.1 Å². The number of aromatic nitrogens is 5. The van der Waals surface area contributed by atoms with E-state index in [1.165, 1.54) is 44.0 Å². The second kappa shape index (κ2) is 11.6. The first kappa shape index (κ1) is 27.6. The van der Waals surface area contributed by atoms with Gasteiger partial charge in [0, 0.05) is 24.7 Å². The minimum absolute atomic E-state index is 0.000348. The highest BCUT2D eigenvalue weighted by Gasteiger charge is 2.17. The number of hydrogen-bond donors (Lipinski definition) is 2. The lowest BCUT2D eigenvalue weighted by molar-refractivity contribution is 0.0844. The van der Waals surface area contributed by atoms with E-state index in [0.717, 1.165) is 11.1 Å².